The van der Waals surface area contributed by atoms with E-state index < -0.39 is 0 Å². The van der Waals surface area contributed by atoms with Gasteiger partial charge in [-0.3, -0.25) is 0 Å². The molecule has 0 heterocycles. The molecule has 0 aliphatic heterocycles. The molecular formula is C15H24O2. The lowest BCUT2D eigenvalue weighted by Gasteiger charge is -2.49. The van der Waals surface area contributed by atoms with Crippen LogP contribution in [0.5, 0.6) is 0 Å². The molecule has 2 saturated carbocycles. The molecule has 0 radical (unpaired) electrons. The Morgan fingerprint density at radius 2 is 1.47 bits per heavy atom. The minimum Gasteiger partial charge on any atom is -0.303 e. The van der Waals surface area contributed by atoms with Gasteiger partial charge in [-0.15, -0.1) is 0 Å². The van der Waals surface area contributed by atoms with Crippen LogP contribution >= 0.6 is 0 Å². The maximum absolute atomic E-state index is 11.7. The SMILES string of the molecule is CC1CCCC(C=O)(C2(C=O)CCCCC2)C1. The summed E-state index contributed by atoms with van der Waals surface area (Å²) in [5.74, 6) is 0.590. The van der Waals surface area contributed by atoms with Crippen LogP contribution in [0.15, 0.2) is 0 Å². The molecule has 2 rings (SSSR count). The van der Waals surface area contributed by atoms with Gasteiger partial charge in [0.05, 0.1) is 0 Å². The summed E-state index contributed by atoms with van der Waals surface area (Å²) >= 11 is 0. The summed E-state index contributed by atoms with van der Waals surface area (Å²) in [7, 11) is 0. The molecule has 0 bridgehead atoms. The van der Waals surface area contributed by atoms with Gasteiger partial charge in [0.25, 0.3) is 0 Å². The van der Waals surface area contributed by atoms with E-state index in [4.69, 9.17) is 0 Å². The molecule has 2 heteroatoms. The Morgan fingerprint density at radius 3 is 2.00 bits per heavy atom. The maximum Gasteiger partial charge on any atom is 0.127 e. The fraction of sp³-hybridized carbons (Fsp3) is 0.867. The van der Waals surface area contributed by atoms with E-state index in [1.54, 1.807) is 0 Å². The van der Waals surface area contributed by atoms with E-state index in [2.05, 4.69) is 6.92 Å². The summed E-state index contributed by atoms with van der Waals surface area (Å²) in [5, 5.41) is 0. The second-order valence-electron chi connectivity index (χ2n) is 6.31. The first kappa shape index (κ1) is 12.8. The van der Waals surface area contributed by atoms with Crippen molar-refractivity contribution >= 4 is 12.6 Å². The highest BCUT2D eigenvalue weighted by atomic mass is 16.1. The largest absolute Gasteiger partial charge is 0.303 e. The van der Waals surface area contributed by atoms with Crippen molar-refractivity contribution in [2.45, 2.75) is 64.7 Å². The molecule has 0 N–H and O–H groups in total. The average molecular weight is 236 g/mol. The quantitative estimate of drug-likeness (QED) is 0.702. The Labute approximate surface area is 104 Å². The first-order valence-corrected chi connectivity index (χ1v) is 7.11. The molecule has 2 aliphatic rings. The zero-order valence-corrected chi connectivity index (χ0v) is 10.9. The lowest BCUT2D eigenvalue weighted by atomic mass is 9.52. The number of carbonyl (C=O) groups is 2. The Balaban J connectivity index is 2.30. The molecule has 0 aromatic carbocycles. The van der Waals surface area contributed by atoms with E-state index in [0.29, 0.717) is 5.92 Å². The monoisotopic (exact) mass is 236 g/mol. The molecule has 0 spiro atoms. The number of rotatable bonds is 3. The van der Waals surface area contributed by atoms with Gasteiger partial charge in [0.15, 0.2) is 0 Å². The molecule has 0 aromatic rings. The molecule has 96 valence electrons. The fourth-order valence-electron chi connectivity index (χ4n) is 4.18. The van der Waals surface area contributed by atoms with Crippen molar-refractivity contribution < 1.29 is 9.59 Å². The van der Waals surface area contributed by atoms with Crippen LogP contribution < -0.4 is 0 Å². The van der Waals surface area contributed by atoms with Crippen LogP contribution in [0.3, 0.4) is 0 Å². The van der Waals surface area contributed by atoms with Crippen molar-refractivity contribution in [2.75, 3.05) is 0 Å². The number of carbonyl (C=O) groups excluding carboxylic acids is 2. The van der Waals surface area contributed by atoms with Crippen molar-refractivity contribution in [2.24, 2.45) is 16.7 Å². The molecule has 2 atom stereocenters. The van der Waals surface area contributed by atoms with E-state index in [0.717, 1.165) is 57.5 Å². The van der Waals surface area contributed by atoms with Crippen molar-refractivity contribution in [3.05, 3.63) is 0 Å². The predicted octanol–water partition coefficient (Wildman–Crippen LogP) is 3.53. The standard InChI is InChI=1S/C15H24O2/c1-13-6-5-9-15(10-13,12-17)14(11-16)7-3-2-4-8-14/h11-13H,2-10H2,1H3. The lowest BCUT2D eigenvalue weighted by Crippen LogP contribution is -2.48. The summed E-state index contributed by atoms with van der Waals surface area (Å²) in [6.07, 6.45) is 11.8. The van der Waals surface area contributed by atoms with E-state index in [1.807, 2.05) is 0 Å². The maximum atomic E-state index is 11.7. The second-order valence-corrected chi connectivity index (χ2v) is 6.31. The molecule has 2 unspecified atom stereocenters. The summed E-state index contributed by atoms with van der Waals surface area (Å²) in [6, 6.07) is 0. The average Bonchev–Trinajstić information content (AvgIpc) is 2.39. The summed E-state index contributed by atoms with van der Waals surface area (Å²) in [5.41, 5.74) is -0.672. The van der Waals surface area contributed by atoms with Crippen LogP contribution in [0.2, 0.25) is 0 Å². The zero-order valence-electron chi connectivity index (χ0n) is 10.9. The predicted molar refractivity (Wildman–Crippen MR) is 67.7 cm³/mol. The van der Waals surface area contributed by atoms with Crippen LogP contribution in [0, 0.1) is 16.7 Å². The first-order valence-electron chi connectivity index (χ1n) is 7.11. The molecule has 0 aromatic heterocycles. The Kier molecular flexibility index (Phi) is 3.70. The Hall–Kier alpha value is -0.660. The van der Waals surface area contributed by atoms with Gasteiger partial charge < -0.3 is 9.59 Å². The Bertz CT molecular complexity index is 291. The van der Waals surface area contributed by atoms with E-state index in [9.17, 15) is 9.59 Å². The highest BCUT2D eigenvalue weighted by Crippen LogP contribution is 2.55. The smallest absolute Gasteiger partial charge is 0.127 e. The Morgan fingerprint density at radius 1 is 0.882 bits per heavy atom. The van der Waals surface area contributed by atoms with Crippen LogP contribution in [0.25, 0.3) is 0 Å². The zero-order chi connectivity index (χ0) is 12.4. The number of hydrogen-bond acceptors (Lipinski definition) is 2. The third-order valence-electron chi connectivity index (χ3n) is 5.22. The highest BCUT2D eigenvalue weighted by Gasteiger charge is 2.52. The van der Waals surface area contributed by atoms with Gasteiger partial charge in [-0.2, -0.15) is 0 Å². The first-order chi connectivity index (χ1) is 8.18. The summed E-state index contributed by atoms with van der Waals surface area (Å²) in [4.78, 5) is 23.4. The number of aldehydes is 2. The van der Waals surface area contributed by atoms with Gasteiger partial charge in [-0.25, -0.2) is 0 Å². The van der Waals surface area contributed by atoms with E-state index in [-0.39, 0.29) is 10.8 Å². The van der Waals surface area contributed by atoms with Gasteiger partial charge in [-0.1, -0.05) is 39.0 Å². The van der Waals surface area contributed by atoms with E-state index >= 15 is 0 Å². The fourth-order valence-corrected chi connectivity index (χ4v) is 4.18. The molecule has 17 heavy (non-hydrogen) atoms. The normalized spacial score (nSPS) is 37.4. The van der Waals surface area contributed by atoms with Crippen molar-refractivity contribution in [1.82, 2.24) is 0 Å². The van der Waals surface area contributed by atoms with Crippen LogP contribution in [0.4, 0.5) is 0 Å². The van der Waals surface area contributed by atoms with Crippen molar-refractivity contribution in [3.63, 3.8) is 0 Å². The van der Waals surface area contributed by atoms with E-state index in [1.165, 1.54) is 12.8 Å². The van der Waals surface area contributed by atoms with Crippen LogP contribution in [-0.4, -0.2) is 12.6 Å². The highest BCUT2D eigenvalue weighted by molar-refractivity contribution is 5.73. The number of hydrogen-bond donors (Lipinski definition) is 0. The minimum atomic E-state index is -0.340. The van der Waals surface area contributed by atoms with Crippen molar-refractivity contribution in [3.8, 4) is 0 Å². The van der Waals surface area contributed by atoms with Gasteiger partial charge in [0, 0.05) is 10.8 Å². The molecule has 2 aliphatic carbocycles. The second kappa shape index (κ2) is 4.91. The molecule has 2 nitrogen and oxygen atoms in total. The summed E-state index contributed by atoms with van der Waals surface area (Å²) in [6.45, 7) is 2.22. The third-order valence-corrected chi connectivity index (χ3v) is 5.22. The molecule has 0 amide bonds. The minimum absolute atomic E-state index is 0.332. The van der Waals surface area contributed by atoms with Gasteiger partial charge in [0.1, 0.15) is 12.6 Å². The van der Waals surface area contributed by atoms with Crippen molar-refractivity contribution in [1.29, 1.82) is 0 Å². The molecule has 0 saturated heterocycles. The third kappa shape index (κ3) is 2.07. The summed E-state index contributed by atoms with van der Waals surface area (Å²) < 4.78 is 0. The lowest BCUT2D eigenvalue weighted by molar-refractivity contribution is -0.143. The van der Waals surface area contributed by atoms with Gasteiger partial charge in [-0.05, 0) is 31.6 Å². The van der Waals surface area contributed by atoms with Gasteiger partial charge >= 0.3 is 0 Å². The molecular weight excluding hydrogens is 212 g/mol. The van der Waals surface area contributed by atoms with Crippen LogP contribution in [-0.2, 0) is 9.59 Å². The van der Waals surface area contributed by atoms with Crippen LogP contribution in [0.1, 0.15) is 64.7 Å². The molecule has 2 fully saturated rings. The topological polar surface area (TPSA) is 34.1 Å². The van der Waals surface area contributed by atoms with Gasteiger partial charge in [0.2, 0.25) is 0 Å².